The normalized spacial score (nSPS) is 25.4. The first kappa shape index (κ1) is 14.9. The van der Waals surface area contributed by atoms with Gasteiger partial charge in [0, 0.05) is 6.04 Å². The van der Waals surface area contributed by atoms with Crippen LogP contribution in [0.4, 0.5) is 0 Å². The quantitative estimate of drug-likeness (QED) is 0.567. The number of rotatable bonds is 8. The van der Waals surface area contributed by atoms with Crippen LogP contribution in [0, 0.1) is 11.8 Å². The molecule has 0 aromatic carbocycles. The van der Waals surface area contributed by atoms with E-state index in [0.29, 0.717) is 6.04 Å². The van der Waals surface area contributed by atoms with Gasteiger partial charge in [0.05, 0.1) is 0 Å². The maximum absolute atomic E-state index is 5.71. The SMILES string of the molecule is CC(C)NCCCNCC1CCC(CN)CC1. The van der Waals surface area contributed by atoms with Gasteiger partial charge in [0.15, 0.2) is 0 Å². The number of nitrogens with two attached hydrogens (primary N) is 1. The largest absolute Gasteiger partial charge is 0.330 e. The summed E-state index contributed by atoms with van der Waals surface area (Å²) in [5.41, 5.74) is 5.71. The minimum Gasteiger partial charge on any atom is -0.330 e. The van der Waals surface area contributed by atoms with Crippen molar-refractivity contribution in [2.75, 3.05) is 26.2 Å². The standard InChI is InChI=1S/C14H31N3/c1-12(2)17-9-3-8-16-11-14-6-4-13(10-15)5-7-14/h12-14,16-17H,3-11,15H2,1-2H3. The Balaban J connectivity index is 1.90. The summed E-state index contributed by atoms with van der Waals surface area (Å²) in [5.74, 6) is 1.71. The summed E-state index contributed by atoms with van der Waals surface area (Å²) in [6, 6.07) is 0.613. The Hall–Kier alpha value is -0.120. The molecule has 0 aromatic rings. The van der Waals surface area contributed by atoms with Gasteiger partial charge in [0.1, 0.15) is 0 Å². The number of nitrogens with one attached hydrogen (secondary N) is 2. The third-order valence-corrected chi connectivity index (χ3v) is 3.82. The molecule has 0 bridgehead atoms. The lowest BCUT2D eigenvalue weighted by Crippen LogP contribution is -2.31. The summed E-state index contributed by atoms with van der Waals surface area (Å²) in [6.45, 7) is 8.77. The molecule has 0 amide bonds. The average molecular weight is 241 g/mol. The van der Waals surface area contributed by atoms with Crippen molar-refractivity contribution < 1.29 is 0 Å². The summed E-state index contributed by atoms with van der Waals surface area (Å²) < 4.78 is 0. The van der Waals surface area contributed by atoms with Gasteiger partial charge in [-0.1, -0.05) is 13.8 Å². The van der Waals surface area contributed by atoms with Gasteiger partial charge in [-0.25, -0.2) is 0 Å². The topological polar surface area (TPSA) is 50.1 Å². The first-order valence-corrected chi connectivity index (χ1v) is 7.36. The molecule has 102 valence electrons. The minimum absolute atomic E-state index is 0.613. The van der Waals surface area contributed by atoms with E-state index in [1.54, 1.807) is 0 Å². The highest BCUT2D eigenvalue weighted by Gasteiger charge is 2.19. The van der Waals surface area contributed by atoms with Gasteiger partial charge in [-0.15, -0.1) is 0 Å². The van der Waals surface area contributed by atoms with Crippen molar-refractivity contribution in [3.63, 3.8) is 0 Å². The summed E-state index contributed by atoms with van der Waals surface area (Å²) in [6.07, 6.45) is 6.67. The molecule has 1 rings (SSSR count). The van der Waals surface area contributed by atoms with E-state index < -0.39 is 0 Å². The summed E-state index contributed by atoms with van der Waals surface area (Å²) in [5, 5.41) is 7.03. The van der Waals surface area contributed by atoms with Crippen molar-refractivity contribution in [1.82, 2.24) is 10.6 Å². The molecular formula is C14H31N3. The maximum atomic E-state index is 5.71. The fourth-order valence-corrected chi connectivity index (χ4v) is 2.58. The highest BCUT2D eigenvalue weighted by Crippen LogP contribution is 2.27. The van der Waals surface area contributed by atoms with E-state index in [4.69, 9.17) is 5.73 Å². The molecule has 0 heterocycles. The van der Waals surface area contributed by atoms with Crippen LogP contribution in [0.25, 0.3) is 0 Å². The van der Waals surface area contributed by atoms with Crippen LogP contribution in [-0.4, -0.2) is 32.2 Å². The van der Waals surface area contributed by atoms with Crippen LogP contribution in [0.5, 0.6) is 0 Å². The predicted octanol–water partition coefficient (Wildman–Crippen LogP) is 1.73. The lowest BCUT2D eigenvalue weighted by Gasteiger charge is -2.27. The molecule has 1 aliphatic carbocycles. The van der Waals surface area contributed by atoms with Gasteiger partial charge in [-0.3, -0.25) is 0 Å². The van der Waals surface area contributed by atoms with Crippen molar-refractivity contribution >= 4 is 0 Å². The summed E-state index contributed by atoms with van der Waals surface area (Å²) in [7, 11) is 0. The van der Waals surface area contributed by atoms with Crippen molar-refractivity contribution in [1.29, 1.82) is 0 Å². The highest BCUT2D eigenvalue weighted by atomic mass is 14.9. The molecule has 0 radical (unpaired) electrons. The van der Waals surface area contributed by atoms with Gasteiger partial charge >= 0.3 is 0 Å². The van der Waals surface area contributed by atoms with Crippen molar-refractivity contribution in [3.8, 4) is 0 Å². The third-order valence-electron chi connectivity index (χ3n) is 3.82. The molecule has 0 unspecified atom stereocenters. The van der Waals surface area contributed by atoms with Gasteiger partial charge in [0.25, 0.3) is 0 Å². The molecular weight excluding hydrogens is 210 g/mol. The van der Waals surface area contributed by atoms with Crippen molar-refractivity contribution in [3.05, 3.63) is 0 Å². The van der Waals surface area contributed by atoms with Gasteiger partial charge in [0.2, 0.25) is 0 Å². The third kappa shape index (κ3) is 7.02. The zero-order chi connectivity index (χ0) is 12.5. The van der Waals surface area contributed by atoms with E-state index in [2.05, 4.69) is 24.5 Å². The van der Waals surface area contributed by atoms with Crippen molar-refractivity contribution in [2.24, 2.45) is 17.6 Å². The Morgan fingerprint density at radius 1 is 1.06 bits per heavy atom. The first-order chi connectivity index (χ1) is 8.22. The maximum Gasteiger partial charge on any atom is 0.00103 e. The second-order valence-electron chi connectivity index (χ2n) is 5.79. The molecule has 0 aromatic heterocycles. The monoisotopic (exact) mass is 241 g/mol. The van der Waals surface area contributed by atoms with Crippen LogP contribution >= 0.6 is 0 Å². The van der Waals surface area contributed by atoms with E-state index in [0.717, 1.165) is 31.5 Å². The molecule has 0 atom stereocenters. The molecule has 0 saturated heterocycles. The number of hydrogen-bond donors (Lipinski definition) is 3. The molecule has 4 N–H and O–H groups in total. The van der Waals surface area contributed by atoms with E-state index >= 15 is 0 Å². The lowest BCUT2D eigenvalue weighted by molar-refractivity contribution is 0.272. The Morgan fingerprint density at radius 3 is 2.29 bits per heavy atom. The minimum atomic E-state index is 0.613. The molecule has 17 heavy (non-hydrogen) atoms. The van der Waals surface area contributed by atoms with Crippen LogP contribution < -0.4 is 16.4 Å². The molecule has 0 spiro atoms. The molecule has 1 fully saturated rings. The smallest absolute Gasteiger partial charge is 0.00103 e. The van der Waals surface area contributed by atoms with E-state index in [1.165, 1.54) is 38.6 Å². The number of hydrogen-bond acceptors (Lipinski definition) is 3. The van der Waals surface area contributed by atoms with Crippen LogP contribution in [0.15, 0.2) is 0 Å². The van der Waals surface area contributed by atoms with Crippen LogP contribution in [0.3, 0.4) is 0 Å². The van der Waals surface area contributed by atoms with Gasteiger partial charge in [-0.2, -0.15) is 0 Å². The Bertz CT molecular complexity index is 174. The van der Waals surface area contributed by atoms with E-state index in [1.807, 2.05) is 0 Å². The molecule has 3 nitrogen and oxygen atoms in total. The second-order valence-corrected chi connectivity index (χ2v) is 5.79. The van der Waals surface area contributed by atoms with Crippen molar-refractivity contribution in [2.45, 2.75) is 52.0 Å². The fourth-order valence-electron chi connectivity index (χ4n) is 2.58. The van der Waals surface area contributed by atoms with Crippen LogP contribution in [0.1, 0.15) is 46.0 Å². The molecule has 1 saturated carbocycles. The summed E-state index contributed by atoms with van der Waals surface area (Å²) in [4.78, 5) is 0. The Morgan fingerprint density at radius 2 is 1.71 bits per heavy atom. The fraction of sp³-hybridized carbons (Fsp3) is 1.00. The zero-order valence-corrected chi connectivity index (χ0v) is 11.7. The van der Waals surface area contributed by atoms with Crippen LogP contribution in [0.2, 0.25) is 0 Å². The molecule has 1 aliphatic rings. The van der Waals surface area contributed by atoms with Crippen LogP contribution in [-0.2, 0) is 0 Å². The lowest BCUT2D eigenvalue weighted by atomic mass is 9.82. The van der Waals surface area contributed by atoms with E-state index in [-0.39, 0.29) is 0 Å². The van der Waals surface area contributed by atoms with Gasteiger partial charge in [-0.05, 0) is 70.1 Å². The Labute approximate surface area is 107 Å². The van der Waals surface area contributed by atoms with Gasteiger partial charge < -0.3 is 16.4 Å². The average Bonchev–Trinajstić information content (AvgIpc) is 2.34. The molecule has 3 heteroatoms. The zero-order valence-electron chi connectivity index (χ0n) is 11.7. The summed E-state index contributed by atoms with van der Waals surface area (Å²) >= 11 is 0. The predicted molar refractivity (Wildman–Crippen MR) is 75.1 cm³/mol. The first-order valence-electron chi connectivity index (χ1n) is 7.36. The highest BCUT2D eigenvalue weighted by molar-refractivity contribution is 4.74. The Kier molecular flexibility index (Phi) is 7.82. The molecule has 0 aliphatic heterocycles. The second kappa shape index (κ2) is 8.90. The van der Waals surface area contributed by atoms with E-state index in [9.17, 15) is 0 Å².